The molecule has 3 heteroatoms. The van der Waals surface area contributed by atoms with Gasteiger partial charge in [-0.25, -0.2) is 0 Å². The number of benzene rings is 1. The number of fused-ring (bicyclic) bond motifs is 1. The van der Waals surface area contributed by atoms with Crippen LogP contribution in [0.4, 0.5) is 0 Å². The van der Waals surface area contributed by atoms with E-state index in [4.69, 9.17) is 5.26 Å². The van der Waals surface area contributed by atoms with Crippen molar-refractivity contribution in [3.63, 3.8) is 0 Å². The standard InChI is InChI=1S/C14H18N2S/c1-16(8-3-7-15)11-12-5-6-14-13(10-12)4-2-9-17-14/h5-6,10H,2-4,8-9,11H2,1H3. The first-order chi connectivity index (χ1) is 8.29. The highest BCUT2D eigenvalue weighted by Crippen LogP contribution is 2.30. The lowest BCUT2D eigenvalue weighted by atomic mass is 10.1. The summed E-state index contributed by atoms with van der Waals surface area (Å²) in [6.07, 6.45) is 3.13. The quantitative estimate of drug-likeness (QED) is 0.817. The lowest BCUT2D eigenvalue weighted by molar-refractivity contribution is 0.335. The average Bonchev–Trinajstić information content (AvgIpc) is 2.36. The Labute approximate surface area is 108 Å². The van der Waals surface area contributed by atoms with Crippen molar-refractivity contribution in [1.29, 1.82) is 5.26 Å². The largest absolute Gasteiger partial charge is 0.301 e. The Morgan fingerprint density at radius 2 is 2.35 bits per heavy atom. The SMILES string of the molecule is CN(CCC#N)Cc1ccc2c(c1)CCCS2. The third-order valence-electron chi connectivity index (χ3n) is 3.03. The molecule has 0 amide bonds. The maximum Gasteiger partial charge on any atom is 0.0635 e. The topological polar surface area (TPSA) is 27.0 Å². The van der Waals surface area contributed by atoms with Crippen molar-refractivity contribution in [2.75, 3.05) is 19.3 Å². The lowest BCUT2D eigenvalue weighted by Crippen LogP contribution is -2.18. The summed E-state index contributed by atoms with van der Waals surface area (Å²) in [5.74, 6) is 1.26. The van der Waals surface area contributed by atoms with Crippen molar-refractivity contribution in [2.45, 2.75) is 30.7 Å². The van der Waals surface area contributed by atoms with Gasteiger partial charge in [0.1, 0.15) is 0 Å². The van der Waals surface area contributed by atoms with E-state index < -0.39 is 0 Å². The van der Waals surface area contributed by atoms with Crippen molar-refractivity contribution in [2.24, 2.45) is 0 Å². The third kappa shape index (κ3) is 3.49. The number of hydrogen-bond donors (Lipinski definition) is 0. The Bertz CT molecular complexity index is 423. The molecule has 0 N–H and O–H groups in total. The van der Waals surface area contributed by atoms with E-state index in [0.717, 1.165) is 13.1 Å². The maximum absolute atomic E-state index is 8.56. The minimum absolute atomic E-state index is 0.608. The predicted molar refractivity (Wildman–Crippen MR) is 72.1 cm³/mol. The first-order valence-corrected chi connectivity index (χ1v) is 7.08. The summed E-state index contributed by atoms with van der Waals surface area (Å²) >= 11 is 1.97. The second-order valence-electron chi connectivity index (χ2n) is 4.54. The second kappa shape index (κ2) is 6.09. The van der Waals surface area contributed by atoms with Gasteiger partial charge in [0.15, 0.2) is 0 Å². The number of rotatable bonds is 4. The molecule has 0 unspecified atom stereocenters. The molecular formula is C14H18N2S. The second-order valence-corrected chi connectivity index (χ2v) is 5.68. The van der Waals surface area contributed by atoms with Crippen LogP contribution in [-0.2, 0) is 13.0 Å². The van der Waals surface area contributed by atoms with E-state index >= 15 is 0 Å². The molecule has 0 bridgehead atoms. The zero-order valence-corrected chi connectivity index (χ0v) is 11.1. The van der Waals surface area contributed by atoms with E-state index in [0.29, 0.717) is 6.42 Å². The van der Waals surface area contributed by atoms with Crippen LogP contribution in [0.2, 0.25) is 0 Å². The van der Waals surface area contributed by atoms with Crippen LogP contribution in [0, 0.1) is 11.3 Å². The minimum Gasteiger partial charge on any atom is -0.301 e. The van der Waals surface area contributed by atoms with Gasteiger partial charge in [0, 0.05) is 24.4 Å². The van der Waals surface area contributed by atoms with Crippen molar-refractivity contribution < 1.29 is 0 Å². The molecule has 1 aliphatic rings. The van der Waals surface area contributed by atoms with Gasteiger partial charge in [-0.05, 0) is 42.8 Å². The molecule has 1 aromatic rings. The van der Waals surface area contributed by atoms with E-state index in [1.165, 1.54) is 34.6 Å². The van der Waals surface area contributed by atoms with Crippen molar-refractivity contribution in [1.82, 2.24) is 4.90 Å². The van der Waals surface area contributed by atoms with Crippen molar-refractivity contribution >= 4 is 11.8 Å². The predicted octanol–water partition coefficient (Wildman–Crippen LogP) is 3.07. The number of aryl methyl sites for hydroxylation is 1. The van der Waals surface area contributed by atoms with Gasteiger partial charge in [0.05, 0.1) is 6.07 Å². The van der Waals surface area contributed by atoms with Crippen LogP contribution in [0.3, 0.4) is 0 Å². The molecule has 90 valence electrons. The molecule has 17 heavy (non-hydrogen) atoms. The summed E-state index contributed by atoms with van der Waals surface area (Å²) < 4.78 is 0. The van der Waals surface area contributed by atoms with Crippen LogP contribution in [0.25, 0.3) is 0 Å². The fraction of sp³-hybridized carbons (Fsp3) is 0.500. The Kier molecular flexibility index (Phi) is 4.47. The summed E-state index contributed by atoms with van der Waals surface area (Å²) in [6.45, 7) is 1.79. The highest BCUT2D eigenvalue weighted by molar-refractivity contribution is 7.99. The Hall–Kier alpha value is -0.980. The van der Waals surface area contributed by atoms with Gasteiger partial charge < -0.3 is 4.90 Å². The number of hydrogen-bond acceptors (Lipinski definition) is 3. The first kappa shape index (κ1) is 12.5. The fourth-order valence-electron chi connectivity index (χ4n) is 2.14. The van der Waals surface area contributed by atoms with Crippen LogP contribution >= 0.6 is 11.8 Å². The van der Waals surface area contributed by atoms with Crippen molar-refractivity contribution in [3.8, 4) is 6.07 Å². The Morgan fingerprint density at radius 3 is 3.18 bits per heavy atom. The molecule has 1 heterocycles. The number of thioether (sulfide) groups is 1. The van der Waals surface area contributed by atoms with E-state index in [-0.39, 0.29) is 0 Å². The molecule has 0 spiro atoms. The summed E-state index contributed by atoms with van der Waals surface area (Å²) in [7, 11) is 2.07. The number of nitrogens with zero attached hydrogens (tertiary/aromatic N) is 2. The van der Waals surface area contributed by atoms with Crippen LogP contribution < -0.4 is 0 Å². The molecule has 0 aliphatic carbocycles. The van der Waals surface area contributed by atoms with Gasteiger partial charge in [0.25, 0.3) is 0 Å². The zero-order chi connectivity index (χ0) is 12.1. The summed E-state index contributed by atoms with van der Waals surface area (Å²) in [6, 6.07) is 9.01. The molecule has 0 aromatic heterocycles. The summed E-state index contributed by atoms with van der Waals surface area (Å²) in [4.78, 5) is 3.67. The molecule has 1 aromatic carbocycles. The van der Waals surface area contributed by atoms with Gasteiger partial charge in [-0.15, -0.1) is 11.8 Å². The fourth-order valence-corrected chi connectivity index (χ4v) is 3.16. The van der Waals surface area contributed by atoms with Gasteiger partial charge in [-0.3, -0.25) is 0 Å². The van der Waals surface area contributed by atoms with E-state index in [2.05, 4.69) is 36.2 Å². The Morgan fingerprint density at radius 1 is 1.47 bits per heavy atom. The lowest BCUT2D eigenvalue weighted by Gasteiger charge is -2.19. The van der Waals surface area contributed by atoms with E-state index in [1.54, 1.807) is 0 Å². The summed E-state index contributed by atoms with van der Waals surface area (Å²) in [5.41, 5.74) is 2.87. The smallest absolute Gasteiger partial charge is 0.0635 e. The molecule has 0 radical (unpaired) electrons. The molecular weight excluding hydrogens is 228 g/mol. The third-order valence-corrected chi connectivity index (χ3v) is 4.23. The Balaban J connectivity index is 2.00. The highest BCUT2D eigenvalue weighted by atomic mass is 32.2. The number of nitriles is 1. The summed E-state index contributed by atoms with van der Waals surface area (Å²) in [5, 5.41) is 8.56. The normalized spacial score (nSPS) is 14.4. The minimum atomic E-state index is 0.608. The van der Waals surface area contributed by atoms with Crippen LogP contribution in [0.1, 0.15) is 24.0 Å². The molecule has 0 saturated carbocycles. The van der Waals surface area contributed by atoms with Crippen LogP contribution in [0.15, 0.2) is 23.1 Å². The maximum atomic E-state index is 8.56. The molecule has 0 saturated heterocycles. The van der Waals surface area contributed by atoms with Crippen LogP contribution in [0.5, 0.6) is 0 Å². The molecule has 0 fully saturated rings. The van der Waals surface area contributed by atoms with Gasteiger partial charge in [-0.2, -0.15) is 5.26 Å². The molecule has 2 nitrogen and oxygen atoms in total. The van der Waals surface area contributed by atoms with E-state index in [1.807, 2.05) is 11.8 Å². The first-order valence-electron chi connectivity index (χ1n) is 6.09. The van der Waals surface area contributed by atoms with Crippen molar-refractivity contribution in [3.05, 3.63) is 29.3 Å². The monoisotopic (exact) mass is 246 g/mol. The van der Waals surface area contributed by atoms with Gasteiger partial charge in [0.2, 0.25) is 0 Å². The highest BCUT2D eigenvalue weighted by Gasteiger charge is 2.10. The molecule has 2 rings (SSSR count). The van der Waals surface area contributed by atoms with Gasteiger partial charge >= 0.3 is 0 Å². The zero-order valence-electron chi connectivity index (χ0n) is 10.3. The van der Waals surface area contributed by atoms with E-state index in [9.17, 15) is 0 Å². The van der Waals surface area contributed by atoms with Crippen LogP contribution in [-0.4, -0.2) is 24.2 Å². The average molecular weight is 246 g/mol. The van der Waals surface area contributed by atoms with Gasteiger partial charge in [-0.1, -0.05) is 12.1 Å². The molecule has 1 aliphatic heterocycles. The molecule has 0 atom stereocenters.